The molecule has 0 aromatic rings. The number of unbranched alkanes of at least 4 members (excludes halogenated alkanes) is 1. The van der Waals surface area contributed by atoms with Crippen molar-refractivity contribution in [1.82, 2.24) is 0 Å². The lowest BCUT2D eigenvalue weighted by Gasteiger charge is -2.21. The van der Waals surface area contributed by atoms with E-state index in [0.717, 1.165) is 12.8 Å². The van der Waals surface area contributed by atoms with Gasteiger partial charge in [-0.1, -0.05) is 0 Å². The molecule has 0 amide bonds. The third kappa shape index (κ3) is 13.2. The summed E-state index contributed by atoms with van der Waals surface area (Å²) in [6, 6.07) is 0. The predicted octanol–water partition coefficient (Wildman–Crippen LogP) is 4.65. The SMILES string of the molecule is CC(=S)OC(CCCCC(OC(C)=S)OC(C)=S)OC(C)=S. The van der Waals surface area contributed by atoms with Crippen molar-refractivity contribution in [2.24, 2.45) is 0 Å². The standard InChI is InChI=1S/C14H22O4S4/c1-9(19)15-13(16-10(2)20)7-5-6-8-14(17-11(3)21)18-12(4)22/h13-14H,5-8H2,1-4H3. The Morgan fingerprint density at radius 2 is 0.818 bits per heavy atom. The van der Waals surface area contributed by atoms with Crippen LogP contribution in [-0.4, -0.2) is 32.8 Å². The molecule has 0 bridgehead atoms. The molecule has 0 heterocycles. The summed E-state index contributed by atoms with van der Waals surface area (Å²) in [6.07, 6.45) is 2.12. The predicted molar refractivity (Wildman–Crippen MR) is 103 cm³/mol. The van der Waals surface area contributed by atoms with E-state index in [9.17, 15) is 0 Å². The van der Waals surface area contributed by atoms with Crippen LogP contribution in [0.15, 0.2) is 0 Å². The van der Waals surface area contributed by atoms with Crippen LogP contribution in [0.5, 0.6) is 0 Å². The summed E-state index contributed by atoms with van der Waals surface area (Å²) in [7, 11) is 0. The van der Waals surface area contributed by atoms with Gasteiger partial charge in [0.05, 0.1) is 0 Å². The second-order valence-corrected chi connectivity index (χ2v) is 6.88. The molecule has 0 spiro atoms. The Bertz CT molecular complexity index is 342. The van der Waals surface area contributed by atoms with E-state index in [1.165, 1.54) is 0 Å². The molecule has 0 saturated carbocycles. The molecule has 0 unspecified atom stereocenters. The van der Waals surface area contributed by atoms with Crippen LogP contribution in [0.3, 0.4) is 0 Å². The van der Waals surface area contributed by atoms with Crippen LogP contribution in [-0.2, 0) is 18.9 Å². The highest BCUT2D eigenvalue weighted by atomic mass is 32.1. The summed E-state index contributed by atoms with van der Waals surface area (Å²) in [4.78, 5) is 0. The van der Waals surface area contributed by atoms with Crippen molar-refractivity contribution in [2.75, 3.05) is 0 Å². The van der Waals surface area contributed by atoms with E-state index >= 15 is 0 Å². The molecular weight excluding hydrogens is 360 g/mol. The summed E-state index contributed by atoms with van der Waals surface area (Å²) in [6.45, 7) is 6.80. The zero-order chi connectivity index (χ0) is 17.1. The Morgan fingerprint density at radius 3 is 1.00 bits per heavy atom. The van der Waals surface area contributed by atoms with Crippen molar-refractivity contribution in [2.45, 2.75) is 66.0 Å². The summed E-state index contributed by atoms with van der Waals surface area (Å²) in [5.74, 6) is 0. The topological polar surface area (TPSA) is 36.9 Å². The Balaban J connectivity index is 4.20. The molecular formula is C14H22O4S4. The van der Waals surface area contributed by atoms with Gasteiger partial charge in [0.1, 0.15) is 0 Å². The Morgan fingerprint density at radius 1 is 0.591 bits per heavy atom. The fourth-order valence-electron chi connectivity index (χ4n) is 1.65. The molecule has 0 aliphatic carbocycles. The van der Waals surface area contributed by atoms with Crippen LogP contribution < -0.4 is 0 Å². The van der Waals surface area contributed by atoms with Crippen molar-refractivity contribution in [3.8, 4) is 0 Å². The minimum atomic E-state index is -0.449. The maximum absolute atomic E-state index is 5.41. The molecule has 22 heavy (non-hydrogen) atoms. The van der Waals surface area contributed by atoms with Crippen molar-refractivity contribution in [1.29, 1.82) is 0 Å². The first-order valence-corrected chi connectivity index (χ1v) is 8.53. The molecule has 8 heteroatoms. The van der Waals surface area contributed by atoms with Gasteiger partial charge in [0.25, 0.3) is 0 Å². The van der Waals surface area contributed by atoms with Crippen LogP contribution in [0.2, 0.25) is 0 Å². The van der Waals surface area contributed by atoms with Crippen molar-refractivity contribution < 1.29 is 18.9 Å². The average molecular weight is 383 g/mol. The lowest BCUT2D eigenvalue weighted by molar-refractivity contribution is -0.0296. The second-order valence-electron chi connectivity index (χ2n) is 4.58. The Kier molecular flexibility index (Phi) is 11.8. The van der Waals surface area contributed by atoms with E-state index in [1.54, 1.807) is 27.7 Å². The van der Waals surface area contributed by atoms with Gasteiger partial charge in [-0.15, -0.1) is 0 Å². The number of ether oxygens (including phenoxy) is 4. The minimum absolute atomic E-state index is 0.429. The number of hydrogen-bond acceptors (Lipinski definition) is 8. The van der Waals surface area contributed by atoms with Gasteiger partial charge in [0, 0.05) is 40.5 Å². The Labute approximate surface area is 153 Å². The zero-order valence-corrected chi connectivity index (χ0v) is 16.5. The maximum Gasteiger partial charge on any atom is 0.242 e. The molecule has 0 aromatic heterocycles. The fraction of sp³-hybridized carbons (Fsp3) is 0.714. The minimum Gasteiger partial charge on any atom is -0.449 e. The quantitative estimate of drug-likeness (QED) is 0.324. The van der Waals surface area contributed by atoms with Gasteiger partial charge in [-0.2, -0.15) is 0 Å². The molecule has 0 N–H and O–H groups in total. The molecule has 0 atom stereocenters. The molecule has 0 aliphatic heterocycles. The first kappa shape index (κ1) is 21.6. The third-order valence-electron chi connectivity index (χ3n) is 2.32. The van der Waals surface area contributed by atoms with E-state index in [0.29, 0.717) is 33.0 Å². The number of rotatable bonds is 9. The van der Waals surface area contributed by atoms with Gasteiger partial charge < -0.3 is 18.9 Å². The Hall–Kier alpha value is -0.440. The summed E-state index contributed by atoms with van der Waals surface area (Å²) in [5.41, 5.74) is 0. The van der Waals surface area contributed by atoms with E-state index in [2.05, 4.69) is 0 Å². The lowest BCUT2D eigenvalue weighted by atomic mass is 10.2. The molecule has 4 nitrogen and oxygen atoms in total. The summed E-state index contributed by atoms with van der Waals surface area (Å²) in [5, 5.41) is 1.72. The van der Waals surface area contributed by atoms with Crippen molar-refractivity contribution >= 4 is 69.1 Å². The van der Waals surface area contributed by atoms with Crippen molar-refractivity contribution in [3.05, 3.63) is 0 Å². The molecule has 0 saturated heterocycles. The van der Waals surface area contributed by atoms with Gasteiger partial charge in [-0.3, -0.25) is 0 Å². The largest absolute Gasteiger partial charge is 0.449 e. The van der Waals surface area contributed by atoms with Gasteiger partial charge in [0.2, 0.25) is 12.6 Å². The third-order valence-corrected chi connectivity index (χ3v) is 2.70. The smallest absolute Gasteiger partial charge is 0.242 e. The highest BCUT2D eigenvalue weighted by Crippen LogP contribution is 2.14. The van der Waals surface area contributed by atoms with Crippen LogP contribution in [0.1, 0.15) is 53.4 Å². The monoisotopic (exact) mass is 382 g/mol. The van der Waals surface area contributed by atoms with Crippen LogP contribution >= 0.6 is 48.9 Å². The summed E-state index contributed by atoms with van der Waals surface area (Å²) < 4.78 is 21.7. The maximum atomic E-state index is 5.41. The number of hydrogen-bond donors (Lipinski definition) is 0. The molecule has 0 rings (SSSR count). The van der Waals surface area contributed by atoms with Crippen LogP contribution in [0, 0.1) is 0 Å². The van der Waals surface area contributed by atoms with Gasteiger partial charge >= 0.3 is 0 Å². The second kappa shape index (κ2) is 12.0. The molecule has 0 aromatic carbocycles. The van der Waals surface area contributed by atoms with Gasteiger partial charge in [0.15, 0.2) is 20.2 Å². The zero-order valence-electron chi connectivity index (χ0n) is 13.2. The first-order valence-electron chi connectivity index (χ1n) is 6.89. The first-order chi connectivity index (χ1) is 10.2. The van der Waals surface area contributed by atoms with Crippen molar-refractivity contribution in [3.63, 3.8) is 0 Å². The lowest BCUT2D eigenvalue weighted by Crippen LogP contribution is -2.22. The normalized spacial score (nSPS) is 10.3. The van der Waals surface area contributed by atoms with Crippen LogP contribution in [0.4, 0.5) is 0 Å². The van der Waals surface area contributed by atoms with Crippen LogP contribution in [0.25, 0.3) is 0 Å². The highest BCUT2D eigenvalue weighted by molar-refractivity contribution is 7.80. The van der Waals surface area contributed by atoms with E-state index in [1.807, 2.05) is 0 Å². The molecule has 0 radical (unpaired) electrons. The van der Waals surface area contributed by atoms with E-state index < -0.39 is 12.6 Å². The van der Waals surface area contributed by atoms with Gasteiger partial charge in [-0.05, 0) is 61.7 Å². The van der Waals surface area contributed by atoms with E-state index in [4.69, 9.17) is 67.8 Å². The van der Waals surface area contributed by atoms with E-state index in [-0.39, 0.29) is 0 Å². The average Bonchev–Trinajstić information content (AvgIpc) is 2.31. The number of thiocarbonyl (C=S) groups is 4. The highest BCUT2D eigenvalue weighted by Gasteiger charge is 2.15. The molecule has 0 fully saturated rings. The fourth-order valence-corrected chi connectivity index (χ4v) is 2.08. The molecule has 126 valence electrons. The molecule has 0 aliphatic rings. The summed E-state index contributed by atoms with van der Waals surface area (Å²) >= 11 is 19.7. The van der Waals surface area contributed by atoms with Gasteiger partial charge in [-0.25, -0.2) is 0 Å².